The zero-order valence-electron chi connectivity index (χ0n) is 13.5. The highest BCUT2D eigenvalue weighted by atomic mass is 16.5. The van der Waals surface area contributed by atoms with Crippen molar-refractivity contribution in [1.82, 2.24) is 4.90 Å². The predicted molar refractivity (Wildman–Crippen MR) is 89.2 cm³/mol. The molecule has 3 rings (SSSR count). The van der Waals surface area contributed by atoms with E-state index in [9.17, 15) is 4.79 Å². The normalized spacial score (nSPS) is 17.1. The smallest absolute Gasteiger partial charge is 0.257 e. The number of hydrogen-bond acceptors (Lipinski definition) is 3. The molecule has 0 bridgehead atoms. The van der Waals surface area contributed by atoms with Gasteiger partial charge in [0.05, 0.1) is 19.8 Å². The van der Waals surface area contributed by atoms with Crippen molar-refractivity contribution in [3.8, 4) is 11.5 Å². The maximum atomic E-state index is 12.9. The molecule has 0 aliphatic carbocycles. The van der Waals surface area contributed by atoms with E-state index in [2.05, 4.69) is 12.1 Å². The molecule has 1 unspecified atom stereocenters. The molecule has 2 aromatic rings. The van der Waals surface area contributed by atoms with Crippen LogP contribution in [0.3, 0.4) is 0 Å². The maximum Gasteiger partial charge on any atom is 0.257 e. The lowest BCUT2D eigenvalue weighted by atomic mass is 9.99. The Bertz CT molecular complexity index is 684. The summed E-state index contributed by atoms with van der Waals surface area (Å²) >= 11 is 0. The van der Waals surface area contributed by atoms with E-state index in [0.717, 1.165) is 19.5 Å². The van der Waals surface area contributed by atoms with E-state index in [1.165, 1.54) is 5.56 Å². The van der Waals surface area contributed by atoms with Gasteiger partial charge < -0.3 is 14.4 Å². The van der Waals surface area contributed by atoms with E-state index in [1.807, 2.05) is 29.2 Å². The van der Waals surface area contributed by atoms with Gasteiger partial charge in [-0.2, -0.15) is 0 Å². The molecule has 4 nitrogen and oxygen atoms in total. The quantitative estimate of drug-likeness (QED) is 0.869. The molecule has 1 atom stereocenters. The number of methoxy groups -OCH3 is 2. The molecule has 0 spiro atoms. The second-order valence-corrected chi connectivity index (χ2v) is 5.69. The zero-order valence-corrected chi connectivity index (χ0v) is 13.5. The van der Waals surface area contributed by atoms with Crippen LogP contribution in [0, 0.1) is 0 Å². The minimum Gasteiger partial charge on any atom is -0.493 e. The Morgan fingerprint density at radius 1 is 1.04 bits per heavy atom. The number of ether oxygens (including phenoxy) is 2. The van der Waals surface area contributed by atoms with Crippen molar-refractivity contribution in [2.24, 2.45) is 0 Å². The van der Waals surface area contributed by atoms with Gasteiger partial charge in [0.15, 0.2) is 11.5 Å². The number of carbonyl (C=O) groups is 1. The van der Waals surface area contributed by atoms with E-state index in [1.54, 1.807) is 26.4 Å². The van der Waals surface area contributed by atoms with Crippen LogP contribution in [0.25, 0.3) is 0 Å². The third kappa shape index (κ3) is 3.02. The number of amides is 1. The molecule has 1 aliphatic heterocycles. The molecule has 1 amide bonds. The fourth-order valence-corrected chi connectivity index (χ4v) is 3.17. The second-order valence-electron chi connectivity index (χ2n) is 5.69. The largest absolute Gasteiger partial charge is 0.493 e. The summed E-state index contributed by atoms with van der Waals surface area (Å²) in [5.74, 6) is 1.48. The third-order valence-corrected chi connectivity index (χ3v) is 4.38. The maximum absolute atomic E-state index is 12.9. The van der Waals surface area contributed by atoms with Crippen LogP contribution in [0.5, 0.6) is 11.5 Å². The Labute approximate surface area is 136 Å². The SMILES string of the molecule is COc1cccc(C(=O)N2CCC(c3ccccc3)C2)c1OC. The van der Waals surface area contributed by atoms with E-state index >= 15 is 0 Å². The molecular formula is C19H21NO3. The average Bonchev–Trinajstić information content (AvgIpc) is 3.11. The Morgan fingerprint density at radius 3 is 2.52 bits per heavy atom. The fourth-order valence-electron chi connectivity index (χ4n) is 3.17. The first kappa shape index (κ1) is 15.4. The molecule has 4 heteroatoms. The minimum absolute atomic E-state index is 0.000758. The van der Waals surface area contributed by atoms with Crippen LogP contribution in [0.15, 0.2) is 48.5 Å². The Hall–Kier alpha value is -2.49. The van der Waals surface area contributed by atoms with E-state index in [0.29, 0.717) is 23.0 Å². The highest BCUT2D eigenvalue weighted by molar-refractivity contribution is 5.98. The van der Waals surface area contributed by atoms with Gasteiger partial charge in [0, 0.05) is 19.0 Å². The highest BCUT2D eigenvalue weighted by Gasteiger charge is 2.29. The van der Waals surface area contributed by atoms with Crippen molar-refractivity contribution >= 4 is 5.91 Å². The number of likely N-dealkylation sites (tertiary alicyclic amines) is 1. The lowest BCUT2D eigenvalue weighted by molar-refractivity contribution is 0.0786. The molecule has 1 saturated heterocycles. The van der Waals surface area contributed by atoms with Gasteiger partial charge >= 0.3 is 0 Å². The molecular weight excluding hydrogens is 290 g/mol. The first-order chi connectivity index (χ1) is 11.2. The standard InChI is InChI=1S/C19H21NO3/c1-22-17-10-6-9-16(18(17)23-2)19(21)20-12-11-15(13-20)14-7-4-3-5-8-14/h3-10,15H,11-13H2,1-2H3. The van der Waals surface area contributed by atoms with E-state index in [4.69, 9.17) is 9.47 Å². The number of benzene rings is 2. The summed E-state index contributed by atoms with van der Waals surface area (Å²) in [6, 6.07) is 15.8. The van der Waals surface area contributed by atoms with Gasteiger partial charge in [0.25, 0.3) is 5.91 Å². The van der Waals surface area contributed by atoms with Gasteiger partial charge in [-0.05, 0) is 24.1 Å². The van der Waals surface area contributed by atoms with E-state index < -0.39 is 0 Å². The number of rotatable bonds is 4. The summed E-state index contributed by atoms with van der Waals surface area (Å²) in [5, 5.41) is 0. The first-order valence-electron chi connectivity index (χ1n) is 7.79. The summed E-state index contributed by atoms with van der Waals surface area (Å²) < 4.78 is 10.7. The van der Waals surface area contributed by atoms with Crippen LogP contribution in [0.4, 0.5) is 0 Å². The summed E-state index contributed by atoms with van der Waals surface area (Å²) in [6.07, 6.45) is 0.988. The molecule has 1 heterocycles. The summed E-state index contributed by atoms with van der Waals surface area (Å²) in [5.41, 5.74) is 1.85. The lowest BCUT2D eigenvalue weighted by Crippen LogP contribution is -2.28. The van der Waals surface area contributed by atoms with Gasteiger partial charge in [-0.25, -0.2) is 0 Å². The molecule has 23 heavy (non-hydrogen) atoms. The van der Waals surface area contributed by atoms with Crippen LogP contribution in [-0.2, 0) is 0 Å². The van der Waals surface area contributed by atoms with Gasteiger partial charge in [-0.15, -0.1) is 0 Å². The number of carbonyl (C=O) groups excluding carboxylic acids is 1. The molecule has 0 aromatic heterocycles. The van der Waals surface area contributed by atoms with Crippen LogP contribution < -0.4 is 9.47 Å². The van der Waals surface area contributed by atoms with Gasteiger partial charge in [0.1, 0.15) is 0 Å². The average molecular weight is 311 g/mol. The number of hydrogen-bond donors (Lipinski definition) is 0. The van der Waals surface area contributed by atoms with Crippen molar-refractivity contribution < 1.29 is 14.3 Å². The third-order valence-electron chi connectivity index (χ3n) is 4.38. The molecule has 0 radical (unpaired) electrons. The molecule has 2 aromatic carbocycles. The molecule has 1 aliphatic rings. The summed E-state index contributed by atoms with van der Waals surface area (Å²) in [4.78, 5) is 14.8. The van der Waals surface area contributed by atoms with Crippen LogP contribution in [0.1, 0.15) is 28.3 Å². The van der Waals surface area contributed by atoms with Crippen molar-refractivity contribution in [2.45, 2.75) is 12.3 Å². The lowest BCUT2D eigenvalue weighted by Gasteiger charge is -2.19. The molecule has 1 fully saturated rings. The van der Waals surface area contributed by atoms with Gasteiger partial charge in [0.2, 0.25) is 0 Å². The van der Waals surface area contributed by atoms with Crippen LogP contribution in [-0.4, -0.2) is 38.1 Å². The monoisotopic (exact) mass is 311 g/mol. The van der Waals surface area contributed by atoms with Crippen LogP contribution >= 0.6 is 0 Å². The van der Waals surface area contributed by atoms with Crippen molar-refractivity contribution in [3.05, 3.63) is 59.7 Å². The van der Waals surface area contributed by atoms with Gasteiger partial charge in [-0.3, -0.25) is 4.79 Å². The molecule has 0 N–H and O–H groups in total. The first-order valence-corrected chi connectivity index (χ1v) is 7.79. The van der Waals surface area contributed by atoms with Crippen molar-refractivity contribution in [3.63, 3.8) is 0 Å². The Morgan fingerprint density at radius 2 is 1.83 bits per heavy atom. The van der Waals surface area contributed by atoms with Gasteiger partial charge in [-0.1, -0.05) is 36.4 Å². The highest BCUT2D eigenvalue weighted by Crippen LogP contribution is 2.34. The summed E-state index contributed by atoms with van der Waals surface area (Å²) in [7, 11) is 3.14. The minimum atomic E-state index is -0.000758. The fraction of sp³-hybridized carbons (Fsp3) is 0.316. The zero-order chi connectivity index (χ0) is 16.2. The number of nitrogens with zero attached hydrogens (tertiary/aromatic N) is 1. The van der Waals surface area contributed by atoms with Crippen LogP contribution in [0.2, 0.25) is 0 Å². The number of para-hydroxylation sites is 1. The predicted octanol–water partition coefficient (Wildman–Crippen LogP) is 3.33. The van der Waals surface area contributed by atoms with E-state index in [-0.39, 0.29) is 5.91 Å². The Balaban J connectivity index is 1.80. The Kier molecular flexibility index (Phi) is 4.51. The van der Waals surface area contributed by atoms with Crippen molar-refractivity contribution in [2.75, 3.05) is 27.3 Å². The second kappa shape index (κ2) is 6.73. The molecule has 0 saturated carbocycles. The van der Waals surface area contributed by atoms with Crippen molar-refractivity contribution in [1.29, 1.82) is 0 Å². The molecule has 120 valence electrons. The topological polar surface area (TPSA) is 38.8 Å². The summed E-state index contributed by atoms with van der Waals surface area (Å²) in [6.45, 7) is 1.50.